The molecule has 1 aromatic heterocycles. The molecule has 2 rings (SSSR count). The monoisotopic (exact) mass is 516 g/mol. The maximum Gasteiger partial charge on any atom is 0.411 e. The van der Waals surface area contributed by atoms with Gasteiger partial charge in [0.15, 0.2) is 16.6 Å². The molecule has 0 bridgehead atoms. The topological polar surface area (TPSA) is 69.7 Å². The summed E-state index contributed by atoms with van der Waals surface area (Å²) in [5, 5.41) is 3.05. The molecule has 0 atom stereocenters. The zero-order valence-corrected chi connectivity index (χ0v) is 25.2. The fourth-order valence-electron chi connectivity index (χ4n) is 2.69. The first-order chi connectivity index (χ1) is 16.0. The Hall–Kier alpha value is -2.01. The Morgan fingerprint density at radius 2 is 1.26 bits per heavy atom. The second kappa shape index (κ2) is 11.4. The summed E-state index contributed by atoms with van der Waals surface area (Å²) in [6, 6.07) is 13.3. The number of ether oxygens (including phenoxy) is 1. The molecule has 1 heterocycles. The SMILES string of the molecule is CC(C)(C)[Si](C)(C)OCc1cc(NC(=O)OCc2ccccc2)cc(CO[Si](C)(C)C(C)(C)C)n1. The Kier molecular flexibility index (Phi) is 9.49. The van der Waals surface area contributed by atoms with E-state index in [0.717, 1.165) is 17.0 Å². The van der Waals surface area contributed by atoms with Crippen molar-refractivity contribution < 1.29 is 18.4 Å². The van der Waals surface area contributed by atoms with E-state index >= 15 is 0 Å². The number of amides is 1. The third kappa shape index (κ3) is 8.86. The quantitative estimate of drug-likeness (QED) is 0.343. The number of nitrogens with one attached hydrogen (secondary N) is 1. The van der Waals surface area contributed by atoms with Crippen LogP contribution >= 0.6 is 0 Å². The molecular weight excluding hydrogens is 472 g/mol. The Morgan fingerprint density at radius 1 is 0.800 bits per heavy atom. The minimum atomic E-state index is -1.95. The number of carbonyl (C=O) groups excluding carboxylic acids is 1. The average molecular weight is 517 g/mol. The number of carbonyl (C=O) groups is 1. The van der Waals surface area contributed by atoms with Crippen LogP contribution < -0.4 is 5.32 Å². The van der Waals surface area contributed by atoms with Crippen molar-refractivity contribution in [3.8, 4) is 0 Å². The number of rotatable bonds is 9. The van der Waals surface area contributed by atoms with E-state index in [1.807, 2.05) is 42.5 Å². The van der Waals surface area contributed by atoms with E-state index in [-0.39, 0.29) is 16.7 Å². The molecule has 0 radical (unpaired) electrons. The fourth-order valence-corrected chi connectivity index (χ4v) is 4.57. The zero-order chi connectivity index (χ0) is 26.5. The molecule has 6 nitrogen and oxygen atoms in total. The van der Waals surface area contributed by atoms with Gasteiger partial charge in [-0.25, -0.2) is 4.79 Å². The Morgan fingerprint density at radius 3 is 1.69 bits per heavy atom. The van der Waals surface area contributed by atoms with Gasteiger partial charge in [0.2, 0.25) is 0 Å². The van der Waals surface area contributed by atoms with Gasteiger partial charge in [-0.15, -0.1) is 0 Å². The van der Waals surface area contributed by atoms with Crippen LogP contribution in [0.4, 0.5) is 10.5 Å². The van der Waals surface area contributed by atoms with Gasteiger partial charge in [0.1, 0.15) is 6.61 Å². The predicted molar refractivity (Wildman–Crippen MR) is 148 cm³/mol. The minimum absolute atomic E-state index is 0.0956. The van der Waals surface area contributed by atoms with E-state index in [9.17, 15) is 4.79 Å². The van der Waals surface area contributed by atoms with E-state index in [0.29, 0.717) is 18.9 Å². The number of benzene rings is 1. The smallest absolute Gasteiger partial charge is 0.411 e. The summed E-state index contributed by atoms with van der Waals surface area (Å²) in [4.78, 5) is 17.3. The van der Waals surface area contributed by atoms with E-state index in [4.69, 9.17) is 18.6 Å². The highest BCUT2D eigenvalue weighted by atomic mass is 28.4. The summed E-state index contributed by atoms with van der Waals surface area (Å²) in [6.07, 6.45) is -0.507. The van der Waals surface area contributed by atoms with Gasteiger partial charge in [-0.05, 0) is 54.0 Å². The molecule has 8 heteroatoms. The first kappa shape index (κ1) is 29.2. The lowest BCUT2D eigenvalue weighted by Gasteiger charge is -2.36. The lowest BCUT2D eigenvalue weighted by Crippen LogP contribution is -2.40. The summed E-state index contributed by atoms with van der Waals surface area (Å²) < 4.78 is 18.2. The standard InChI is InChI=1S/C27H44N2O4Si2/c1-26(2,3)34(7,8)32-19-23-16-22(29-25(30)31-18-21-14-12-11-13-15-21)17-24(28-23)20-33-35(9,10)27(4,5)6/h11-17H,18-20H2,1-10H3,(H,28,29,30). The van der Waals surface area contributed by atoms with Crippen molar-refractivity contribution in [2.24, 2.45) is 0 Å². The molecule has 2 aromatic rings. The van der Waals surface area contributed by atoms with Gasteiger partial charge < -0.3 is 13.6 Å². The molecule has 1 amide bonds. The van der Waals surface area contributed by atoms with Crippen LogP contribution in [0.2, 0.25) is 36.3 Å². The van der Waals surface area contributed by atoms with E-state index in [1.54, 1.807) is 0 Å². The van der Waals surface area contributed by atoms with Crippen LogP contribution in [0.15, 0.2) is 42.5 Å². The van der Waals surface area contributed by atoms with E-state index < -0.39 is 22.7 Å². The third-order valence-corrected chi connectivity index (χ3v) is 16.1. The molecular formula is C27H44N2O4Si2. The van der Waals surface area contributed by atoms with Crippen molar-refractivity contribution in [1.82, 2.24) is 4.98 Å². The van der Waals surface area contributed by atoms with Gasteiger partial charge >= 0.3 is 6.09 Å². The molecule has 194 valence electrons. The van der Waals surface area contributed by atoms with Crippen LogP contribution in [0, 0.1) is 0 Å². The van der Waals surface area contributed by atoms with Crippen LogP contribution in [0.25, 0.3) is 0 Å². The summed E-state index contributed by atoms with van der Waals surface area (Å²) in [5.74, 6) is 0. The highest BCUT2D eigenvalue weighted by Gasteiger charge is 2.38. The molecule has 0 saturated heterocycles. The Bertz CT molecular complexity index is 933. The number of hydrogen-bond acceptors (Lipinski definition) is 5. The first-order valence-electron chi connectivity index (χ1n) is 12.3. The number of anilines is 1. The van der Waals surface area contributed by atoms with Crippen molar-refractivity contribution in [1.29, 1.82) is 0 Å². The molecule has 0 saturated carbocycles. The zero-order valence-electron chi connectivity index (χ0n) is 23.2. The molecule has 1 aromatic carbocycles. The number of nitrogens with zero attached hydrogens (tertiary/aromatic N) is 1. The summed E-state index contributed by atoms with van der Waals surface area (Å²) in [7, 11) is -3.91. The maximum absolute atomic E-state index is 12.5. The molecule has 0 aliphatic rings. The van der Waals surface area contributed by atoms with Crippen molar-refractivity contribution in [3.05, 3.63) is 59.4 Å². The van der Waals surface area contributed by atoms with Crippen LogP contribution in [-0.4, -0.2) is 27.7 Å². The largest absolute Gasteiger partial charge is 0.444 e. The summed E-state index contributed by atoms with van der Waals surface area (Å²) in [5.41, 5.74) is 3.10. The second-order valence-electron chi connectivity index (χ2n) is 12.1. The number of hydrogen-bond donors (Lipinski definition) is 1. The normalized spacial score (nSPS) is 13.0. The van der Waals surface area contributed by atoms with Crippen molar-refractivity contribution >= 4 is 28.4 Å². The predicted octanol–water partition coefficient (Wildman–Crippen LogP) is 7.87. The second-order valence-corrected chi connectivity index (χ2v) is 21.7. The van der Waals surface area contributed by atoms with Gasteiger partial charge in [-0.2, -0.15) is 0 Å². The molecule has 0 aliphatic carbocycles. The van der Waals surface area contributed by atoms with Gasteiger partial charge in [0.25, 0.3) is 0 Å². The number of pyridine rings is 1. The van der Waals surface area contributed by atoms with Crippen LogP contribution in [-0.2, 0) is 33.4 Å². The van der Waals surface area contributed by atoms with Gasteiger partial charge in [0.05, 0.1) is 24.6 Å². The van der Waals surface area contributed by atoms with Crippen molar-refractivity contribution in [3.63, 3.8) is 0 Å². The van der Waals surface area contributed by atoms with Gasteiger partial charge in [-0.1, -0.05) is 71.9 Å². The highest BCUT2D eigenvalue weighted by Crippen LogP contribution is 2.38. The minimum Gasteiger partial charge on any atom is -0.444 e. The van der Waals surface area contributed by atoms with Crippen molar-refractivity contribution in [2.75, 3.05) is 5.32 Å². The average Bonchev–Trinajstić information content (AvgIpc) is 2.74. The molecule has 1 N–H and O–H groups in total. The lowest BCUT2D eigenvalue weighted by atomic mass is 10.2. The Labute approximate surface area is 214 Å². The van der Waals surface area contributed by atoms with Gasteiger partial charge in [-0.3, -0.25) is 10.3 Å². The van der Waals surface area contributed by atoms with E-state index in [2.05, 4.69) is 73.0 Å². The third-order valence-electron chi connectivity index (χ3n) is 7.16. The maximum atomic E-state index is 12.5. The van der Waals surface area contributed by atoms with Crippen LogP contribution in [0.5, 0.6) is 0 Å². The molecule has 35 heavy (non-hydrogen) atoms. The van der Waals surface area contributed by atoms with Crippen molar-refractivity contribution in [2.45, 2.75) is 97.6 Å². The molecule has 0 unspecified atom stereocenters. The number of aromatic nitrogens is 1. The van der Waals surface area contributed by atoms with Crippen LogP contribution in [0.1, 0.15) is 58.5 Å². The molecule has 0 fully saturated rings. The lowest BCUT2D eigenvalue weighted by molar-refractivity contribution is 0.155. The van der Waals surface area contributed by atoms with Crippen LogP contribution in [0.3, 0.4) is 0 Å². The first-order valence-corrected chi connectivity index (χ1v) is 18.1. The van der Waals surface area contributed by atoms with E-state index in [1.165, 1.54) is 0 Å². The fraction of sp³-hybridized carbons (Fsp3) is 0.556. The highest BCUT2D eigenvalue weighted by molar-refractivity contribution is 6.74. The Balaban J connectivity index is 2.19. The molecule has 0 aliphatic heterocycles. The van der Waals surface area contributed by atoms with Gasteiger partial charge in [0, 0.05) is 5.69 Å². The summed E-state index contributed by atoms with van der Waals surface area (Å²) in [6.45, 7) is 23.1. The summed E-state index contributed by atoms with van der Waals surface area (Å²) >= 11 is 0. The molecule has 0 spiro atoms.